The summed E-state index contributed by atoms with van der Waals surface area (Å²) in [7, 11) is -2.23. The zero-order valence-electron chi connectivity index (χ0n) is 9.95. The van der Waals surface area contributed by atoms with Gasteiger partial charge in [-0.25, -0.2) is 8.42 Å². The lowest BCUT2D eigenvalue weighted by Crippen LogP contribution is -2.32. The van der Waals surface area contributed by atoms with E-state index in [2.05, 4.69) is 0 Å². The highest BCUT2D eigenvalue weighted by Crippen LogP contribution is 2.16. The molecule has 0 fully saturated rings. The van der Waals surface area contributed by atoms with Crippen molar-refractivity contribution >= 4 is 21.7 Å². The van der Waals surface area contributed by atoms with Crippen molar-refractivity contribution in [1.29, 1.82) is 0 Å². The number of benzene rings is 1. The number of sulfone groups is 1. The van der Waals surface area contributed by atoms with E-state index >= 15 is 0 Å². The third kappa shape index (κ3) is 3.30. The molecular weight excluding hydrogens is 258 g/mol. The van der Waals surface area contributed by atoms with Crippen LogP contribution in [0, 0.1) is 0 Å². The van der Waals surface area contributed by atoms with Crippen molar-refractivity contribution in [2.75, 3.05) is 19.8 Å². The van der Waals surface area contributed by atoms with E-state index in [1.165, 1.54) is 31.3 Å². The van der Waals surface area contributed by atoms with Crippen molar-refractivity contribution in [2.45, 2.75) is 4.90 Å². The smallest absolute Gasteiger partial charge is 0.323 e. The molecule has 0 aromatic heterocycles. The number of rotatable bonds is 4. The topological polar surface area (TPSA) is 91.8 Å². The van der Waals surface area contributed by atoms with Gasteiger partial charge in [0.25, 0.3) is 5.91 Å². The fraction of sp³-hybridized carbons (Fsp3) is 0.273. The van der Waals surface area contributed by atoms with Gasteiger partial charge in [0.1, 0.15) is 6.54 Å². The van der Waals surface area contributed by atoms with Gasteiger partial charge in [-0.3, -0.25) is 9.59 Å². The average molecular weight is 271 g/mol. The van der Waals surface area contributed by atoms with Crippen LogP contribution in [-0.4, -0.2) is 50.1 Å². The van der Waals surface area contributed by atoms with Crippen LogP contribution in [-0.2, 0) is 14.6 Å². The van der Waals surface area contributed by atoms with Crippen molar-refractivity contribution in [2.24, 2.45) is 0 Å². The number of amides is 1. The number of hydrogen-bond acceptors (Lipinski definition) is 4. The SMILES string of the molecule is CN(CC(=O)O)C(=O)c1ccccc1S(C)(=O)=O. The lowest BCUT2D eigenvalue weighted by atomic mass is 10.2. The Bertz CT molecular complexity index is 579. The van der Waals surface area contributed by atoms with Crippen LogP contribution >= 0.6 is 0 Å². The molecule has 0 unspecified atom stereocenters. The molecule has 0 saturated carbocycles. The fourth-order valence-electron chi connectivity index (χ4n) is 1.45. The number of nitrogens with zero attached hydrogens (tertiary/aromatic N) is 1. The normalized spacial score (nSPS) is 11.0. The molecule has 0 atom stereocenters. The molecule has 1 rings (SSSR count). The van der Waals surface area contributed by atoms with E-state index in [4.69, 9.17) is 5.11 Å². The first-order valence-electron chi connectivity index (χ1n) is 5.00. The summed E-state index contributed by atoms with van der Waals surface area (Å²) < 4.78 is 23.0. The van der Waals surface area contributed by atoms with Crippen LogP contribution in [0.2, 0.25) is 0 Å². The van der Waals surface area contributed by atoms with Gasteiger partial charge in [0.2, 0.25) is 0 Å². The van der Waals surface area contributed by atoms with Crippen LogP contribution in [0.1, 0.15) is 10.4 Å². The summed E-state index contributed by atoms with van der Waals surface area (Å²) in [5.74, 6) is -1.80. The Labute approximate surface area is 105 Å². The Hall–Kier alpha value is -1.89. The minimum atomic E-state index is -3.54. The molecule has 98 valence electrons. The minimum Gasteiger partial charge on any atom is -0.480 e. The van der Waals surface area contributed by atoms with Crippen LogP contribution < -0.4 is 0 Å². The number of carboxylic acids is 1. The summed E-state index contributed by atoms with van der Waals surface area (Å²) in [4.78, 5) is 23.3. The molecule has 18 heavy (non-hydrogen) atoms. The van der Waals surface area contributed by atoms with Crippen LogP contribution in [0.15, 0.2) is 29.2 Å². The monoisotopic (exact) mass is 271 g/mol. The lowest BCUT2D eigenvalue weighted by Gasteiger charge is -2.16. The Balaban J connectivity index is 3.18. The predicted molar refractivity (Wildman–Crippen MR) is 64.1 cm³/mol. The fourth-order valence-corrected chi connectivity index (χ4v) is 2.33. The lowest BCUT2D eigenvalue weighted by molar-refractivity contribution is -0.137. The van der Waals surface area contributed by atoms with Gasteiger partial charge in [0, 0.05) is 13.3 Å². The van der Waals surface area contributed by atoms with Gasteiger partial charge >= 0.3 is 5.97 Å². The van der Waals surface area contributed by atoms with E-state index in [1.807, 2.05) is 0 Å². The zero-order chi connectivity index (χ0) is 13.9. The Kier molecular flexibility index (Phi) is 4.07. The van der Waals surface area contributed by atoms with E-state index in [-0.39, 0.29) is 10.5 Å². The van der Waals surface area contributed by atoms with Crippen molar-refractivity contribution < 1.29 is 23.1 Å². The second kappa shape index (κ2) is 5.18. The molecule has 0 aliphatic carbocycles. The quantitative estimate of drug-likeness (QED) is 0.847. The Morgan fingerprint density at radius 1 is 1.28 bits per heavy atom. The van der Waals surface area contributed by atoms with E-state index in [9.17, 15) is 18.0 Å². The largest absolute Gasteiger partial charge is 0.480 e. The van der Waals surface area contributed by atoms with Gasteiger partial charge in [-0.1, -0.05) is 12.1 Å². The number of likely N-dealkylation sites (N-methyl/N-ethyl adjacent to an activating group) is 1. The molecule has 7 heteroatoms. The van der Waals surface area contributed by atoms with Crippen LogP contribution in [0.5, 0.6) is 0 Å². The Morgan fingerprint density at radius 3 is 2.33 bits per heavy atom. The first-order valence-corrected chi connectivity index (χ1v) is 6.89. The number of carboxylic acid groups (broad SMARTS) is 1. The molecule has 0 aliphatic rings. The van der Waals surface area contributed by atoms with Crippen molar-refractivity contribution in [3.05, 3.63) is 29.8 Å². The van der Waals surface area contributed by atoms with Crippen molar-refractivity contribution in [3.8, 4) is 0 Å². The van der Waals surface area contributed by atoms with Gasteiger partial charge < -0.3 is 10.0 Å². The third-order valence-electron chi connectivity index (χ3n) is 2.24. The first kappa shape index (κ1) is 14.2. The molecule has 0 radical (unpaired) electrons. The number of carbonyl (C=O) groups excluding carboxylic acids is 1. The molecule has 6 nitrogen and oxygen atoms in total. The first-order chi connectivity index (χ1) is 8.23. The number of hydrogen-bond donors (Lipinski definition) is 1. The highest BCUT2D eigenvalue weighted by Gasteiger charge is 2.21. The van der Waals surface area contributed by atoms with E-state index < -0.39 is 28.3 Å². The summed E-state index contributed by atoms with van der Waals surface area (Å²) in [6, 6.07) is 5.70. The minimum absolute atomic E-state index is 0.0243. The molecule has 0 aliphatic heterocycles. The van der Waals surface area contributed by atoms with Crippen molar-refractivity contribution in [1.82, 2.24) is 4.90 Å². The maximum Gasteiger partial charge on any atom is 0.323 e. The number of aliphatic carboxylic acids is 1. The van der Waals surface area contributed by atoms with Gasteiger partial charge in [0.05, 0.1) is 10.5 Å². The summed E-state index contributed by atoms with van der Waals surface area (Å²) in [6.45, 7) is -0.489. The second-order valence-corrected chi connectivity index (χ2v) is 5.81. The molecule has 1 aromatic carbocycles. The van der Waals surface area contributed by atoms with Crippen LogP contribution in [0.25, 0.3) is 0 Å². The van der Waals surface area contributed by atoms with Gasteiger partial charge in [-0.15, -0.1) is 0 Å². The summed E-state index contributed by atoms with van der Waals surface area (Å²) >= 11 is 0. The molecular formula is C11H13NO5S. The van der Waals surface area contributed by atoms with Crippen molar-refractivity contribution in [3.63, 3.8) is 0 Å². The maximum atomic E-state index is 11.9. The molecule has 0 spiro atoms. The zero-order valence-corrected chi connectivity index (χ0v) is 10.8. The second-order valence-electron chi connectivity index (χ2n) is 3.82. The van der Waals surface area contributed by atoms with E-state index in [1.54, 1.807) is 0 Å². The van der Waals surface area contributed by atoms with E-state index in [0.717, 1.165) is 11.2 Å². The summed E-state index contributed by atoms with van der Waals surface area (Å²) in [6.07, 6.45) is 0.996. The number of carbonyl (C=O) groups is 2. The Morgan fingerprint density at radius 2 is 1.83 bits per heavy atom. The molecule has 1 amide bonds. The highest BCUT2D eigenvalue weighted by molar-refractivity contribution is 7.90. The standard InChI is InChI=1S/C11H13NO5S/c1-12(7-10(13)14)11(15)8-5-3-4-6-9(8)18(2,16)17/h3-6H,7H2,1-2H3,(H,13,14). The molecule has 0 bridgehead atoms. The molecule has 1 aromatic rings. The molecule has 0 heterocycles. The molecule has 0 saturated heterocycles. The van der Waals surface area contributed by atoms with Gasteiger partial charge in [-0.05, 0) is 12.1 Å². The van der Waals surface area contributed by atoms with Gasteiger partial charge in [0.15, 0.2) is 9.84 Å². The summed E-state index contributed by atoms with van der Waals surface area (Å²) in [5, 5.41) is 8.60. The van der Waals surface area contributed by atoms with E-state index in [0.29, 0.717) is 0 Å². The predicted octanol–water partition coefficient (Wildman–Crippen LogP) is 0.247. The van der Waals surface area contributed by atoms with Crippen LogP contribution in [0.3, 0.4) is 0 Å². The van der Waals surface area contributed by atoms with Crippen LogP contribution in [0.4, 0.5) is 0 Å². The highest BCUT2D eigenvalue weighted by atomic mass is 32.2. The third-order valence-corrected chi connectivity index (χ3v) is 3.39. The molecule has 1 N–H and O–H groups in total. The average Bonchev–Trinajstić information content (AvgIpc) is 2.26. The summed E-state index contributed by atoms with van der Waals surface area (Å²) in [5.41, 5.74) is -0.0243. The maximum absolute atomic E-state index is 11.9. The van der Waals surface area contributed by atoms with Gasteiger partial charge in [-0.2, -0.15) is 0 Å².